The van der Waals surface area contributed by atoms with Gasteiger partial charge in [-0.2, -0.15) is 0 Å². The highest BCUT2D eigenvalue weighted by molar-refractivity contribution is 5.28. The minimum Gasteiger partial charge on any atom is -0.396 e. The molecule has 1 spiro atoms. The molecular formula is C20H32O4. The number of hydrogen-bond acceptors (Lipinski definition) is 4. The van der Waals surface area contributed by atoms with E-state index < -0.39 is 17.6 Å². The number of fused-ring (bicyclic) bond motifs is 1. The van der Waals surface area contributed by atoms with E-state index in [0.717, 1.165) is 18.3 Å². The van der Waals surface area contributed by atoms with Crippen molar-refractivity contribution in [1.29, 1.82) is 0 Å². The van der Waals surface area contributed by atoms with Gasteiger partial charge < -0.3 is 20.4 Å². The first-order valence-corrected chi connectivity index (χ1v) is 9.83. The van der Waals surface area contributed by atoms with Crippen LogP contribution in [0.2, 0.25) is 0 Å². The summed E-state index contributed by atoms with van der Waals surface area (Å²) in [6, 6.07) is 0. The Balaban J connectivity index is 1.60. The van der Waals surface area contributed by atoms with E-state index in [1.807, 2.05) is 0 Å². The molecule has 24 heavy (non-hydrogen) atoms. The maximum atomic E-state index is 11.2. The van der Waals surface area contributed by atoms with Gasteiger partial charge in [-0.15, -0.1) is 0 Å². The second-order valence-corrected chi connectivity index (χ2v) is 10.7. The molecule has 0 saturated heterocycles. The van der Waals surface area contributed by atoms with Crippen molar-refractivity contribution in [1.82, 2.24) is 0 Å². The number of rotatable bonds is 2. The molecule has 0 heterocycles. The van der Waals surface area contributed by atoms with Crippen LogP contribution >= 0.6 is 0 Å². The zero-order valence-electron chi connectivity index (χ0n) is 14.9. The lowest BCUT2D eigenvalue weighted by Gasteiger charge is -2.67. The van der Waals surface area contributed by atoms with Crippen molar-refractivity contribution in [3.8, 4) is 0 Å². The van der Waals surface area contributed by atoms with Gasteiger partial charge in [0.15, 0.2) is 0 Å². The maximum Gasteiger partial charge on any atom is 0.0586 e. The van der Waals surface area contributed by atoms with E-state index in [2.05, 4.69) is 13.8 Å². The molecule has 6 fully saturated rings. The predicted molar refractivity (Wildman–Crippen MR) is 88.9 cm³/mol. The first kappa shape index (κ1) is 16.0. The molecule has 4 bridgehead atoms. The summed E-state index contributed by atoms with van der Waals surface area (Å²) >= 11 is 0. The normalized spacial score (nSPS) is 62.8. The minimum atomic E-state index is -0.749. The van der Waals surface area contributed by atoms with Gasteiger partial charge in [-0.25, -0.2) is 0 Å². The van der Waals surface area contributed by atoms with Crippen LogP contribution in [0.5, 0.6) is 0 Å². The molecule has 0 aliphatic heterocycles. The molecule has 4 heteroatoms. The van der Waals surface area contributed by atoms with Crippen LogP contribution in [0.3, 0.4) is 0 Å². The van der Waals surface area contributed by atoms with E-state index in [9.17, 15) is 20.4 Å². The van der Waals surface area contributed by atoms with Gasteiger partial charge in [0.25, 0.3) is 0 Å². The van der Waals surface area contributed by atoms with Gasteiger partial charge >= 0.3 is 0 Å². The monoisotopic (exact) mass is 336 g/mol. The van der Waals surface area contributed by atoms with Crippen molar-refractivity contribution in [2.24, 2.45) is 45.3 Å². The smallest absolute Gasteiger partial charge is 0.0586 e. The fourth-order valence-electron chi connectivity index (χ4n) is 9.26. The lowest BCUT2D eigenvalue weighted by atomic mass is 9.38. The Morgan fingerprint density at radius 2 is 1.58 bits per heavy atom. The van der Waals surface area contributed by atoms with Crippen molar-refractivity contribution >= 4 is 0 Å². The van der Waals surface area contributed by atoms with E-state index >= 15 is 0 Å². The number of hydrogen-bond donors (Lipinski definition) is 4. The van der Waals surface area contributed by atoms with Gasteiger partial charge in [-0.1, -0.05) is 13.8 Å². The first-order valence-electron chi connectivity index (χ1n) is 9.83. The molecule has 4 nitrogen and oxygen atoms in total. The molecule has 0 radical (unpaired) electrons. The third-order valence-electron chi connectivity index (χ3n) is 9.77. The van der Waals surface area contributed by atoms with Crippen LogP contribution in [0.15, 0.2) is 0 Å². The van der Waals surface area contributed by atoms with Gasteiger partial charge in [-0.05, 0) is 72.5 Å². The molecule has 0 aromatic carbocycles. The summed E-state index contributed by atoms with van der Waals surface area (Å²) in [6.07, 6.45) is 4.68. The molecule has 6 aliphatic carbocycles. The van der Waals surface area contributed by atoms with Crippen LogP contribution < -0.4 is 0 Å². The van der Waals surface area contributed by atoms with E-state index in [0.29, 0.717) is 24.2 Å². The molecule has 9 atom stereocenters. The van der Waals surface area contributed by atoms with Crippen LogP contribution in [-0.4, -0.2) is 45.8 Å². The van der Waals surface area contributed by atoms with Crippen molar-refractivity contribution in [3.63, 3.8) is 0 Å². The average molecular weight is 336 g/mol. The molecule has 6 rings (SSSR count). The zero-order chi connectivity index (χ0) is 17.1. The quantitative estimate of drug-likeness (QED) is 0.617. The fourth-order valence-corrected chi connectivity index (χ4v) is 9.26. The third kappa shape index (κ3) is 1.57. The Morgan fingerprint density at radius 1 is 0.875 bits per heavy atom. The second-order valence-electron chi connectivity index (χ2n) is 10.7. The van der Waals surface area contributed by atoms with Crippen LogP contribution in [0.1, 0.15) is 52.4 Å². The lowest BCUT2D eigenvalue weighted by molar-refractivity contribution is -0.246. The molecule has 0 amide bonds. The Morgan fingerprint density at radius 3 is 2.17 bits per heavy atom. The highest BCUT2D eigenvalue weighted by Crippen LogP contribution is 2.85. The summed E-state index contributed by atoms with van der Waals surface area (Å²) in [4.78, 5) is 0. The van der Waals surface area contributed by atoms with E-state index in [4.69, 9.17) is 0 Å². The number of aliphatic hydroxyl groups excluding tert-OH is 4. The maximum absolute atomic E-state index is 11.2. The van der Waals surface area contributed by atoms with Crippen LogP contribution in [0, 0.1) is 45.3 Å². The van der Waals surface area contributed by atoms with Crippen molar-refractivity contribution in [2.75, 3.05) is 13.2 Å². The fraction of sp³-hybridized carbons (Fsp3) is 1.00. The van der Waals surface area contributed by atoms with Crippen molar-refractivity contribution in [2.45, 2.75) is 64.6 Å². The topological polar surface area (TPSA) is 80.9 Å². The Hall–Kier alpha value is -0.160. The molecule has 4 N–H and O–H groups in total. The lowest BCUT2D eigenvalue weighted by Crippen LogP contribution is -2.66. The third-order valence-corrected chi connectivity index (χ3v) is 9.77. The Bertz CT molecular complexity index is 574. The van der Waals surface area contributed by atoms with Gasteiger partial charge in [-0.3, -0.25) is 0 Å². The first-order chi connectivity index (χ1) is 11.2. The van der Waals surface area contributed by atoms with Crippen LogP contribution in [-0.2, 0) is 0 Å². The molecule has 136 valence electrons. The predicted octanol–water partition coefficient (Wildman–Crippen LogP) is 1.55. The average Bonchev–Trinajstić information content (AvgIpc) is 2.96. The summed E-state index contributed by atoms with van der Waals surface area (Å²) in [6.45, 7) is 4.38. The SMILES string of the molecule is C[C@@]12C[C@@H](O)CC(CO)(CO)[C@H]1[C@H](O)C[C@@]13C[C@H]4[C@@H](C[C@H]12)[C@@]4(C)C3. The van der Waals surface area contributed by atoms with E-state index in [-0.39, 0.29) is 30.0 Å². The molecular weight excluding hydrogens is 304 g/mol. The molecule has 6 aliphatic rings. The van der Waals surface area contributed by atoms with Crippen LogP contribution in [0.4, 0.5) is 0 Å². The van der Waals surface area contributed by atoms with Gasteiger partial charge in [0.05, 0.1) is 25.4 Å². The van der Waals surface area contributed by atoms with Gasteiger partial charge in [0.2, 0.25) is 0 Å². The zero-order valence-corrected chi connectivity index (χ0v) is 14.9. The standard InChI is InChI=1S/C20H32O4/c1-17-4-11(23)5-20(9-21,10-22)16(17)14(24)7-19-6-13-12(3-15(17)19)18(13,2)8-19/h11-16,21-24H,3-10H2,1-2H3/t11-,12-,13+,14-,15+,16+,17+,18-,19-/m1/s1. The molecule has 6 saturated carbocycles. The van der Waals surface area contributed by atoms with Crippen LogP contribution in [0.25, 0.3) is 0 Å². The molecule has 0 aromatic rings. The largest absolute Gasteiger partial charge is 0.396 e. The van der Waals surface area contributed by atoms with Gasteiger partial charge in [0, 0.05) is 11.3 Å². The highest BCUT2D eigenvalue weighted by Gasteiger charge is 2.79. The minimum absolute atomic E-state index is 0.110. The summed E-state index contributed by atoms with van der Waals surface area (Å²) in [5.41, 5.74) is -0.194. The Kier molecular flexibility index (Phi) is 2.93. The summed E-state index contributed by atoms with van der Waals surface area (Å²) in [5, 5.41) is 42.0. The van der Waals surface area contributed by atoms with E-state index in [1.54, 1.807) is 0 Å². The summed E-state index contributed by atoms with van der Waals surface area (Å²) in [7, 11) is 0. The second kappa shape index (κ2) is 4.39. The van der Waals surface area contributed by atoms with Crippen molar-refractivity contribution in [3.05, 3.63) is 0 Å². The summed E-state index contributed by atoms with van der Waals surface area (Å²) < 4.78 is 0. The van der Waals surface area contributed by atoms with E-state index in [1.165, 1.54) is 19.3 Å². The molecule has 0 aromatic heterocycles. The summed E-state index contributed by atoms with van der Waals surface area (Å²) in [5.74, 6) is 2.09. The molecule has 0 unspecified atom stereocenters. The number of aliphatic hydroxyl groups is 4. The van der Waals surface area contributed by atoms with Crippen molar-refractivity contribution < 1.29 is 20.4 Å². The Labute approximate surface area is 144 Å². The highest BCUT2D eigenvalue weighted by atomic mass is 16.3. The van der Waals surface area contributed by atoms with Gasteiger partial charge in [0.1, 0.15) is 0 Å².